The highest BCUT2D eigenvalue weighted by Crippen LogP contribution is 2.33. The van der Waals surface area contributed by atoms with Gasteiger partial charge in [0.2, 0.25) is 0 Å². The zero-order valence-electron chi connectivity index (χ0n) is 14.5. The second-order valence-electron chi connectivity index (χ2n) is 5.87. The van der Waals surface area contributed by atoms with Gasteiger partial charge in [-0.2, -0.15) is 0 Å². The van der Waals surface area contributed by atoms with Crippen molar-refractivity contribution in [1.82, 2.24) is 5.32 Å². The molecule has 0 bridgehead atoms. The molecule has 3 aromatic carbocycles. The molecule has 0 saturated heterocycles. The third-order valence-corrected chi connectivity index (χ3v) is 4.42. The Morgan fingerprint density at radius 1 is 0.929 bits per heavy atom. The molecule has 0 spiro atoms. The highest BCUT2D eigenvalue weighted by Gasteiger charge is 2.17. The molecule has 0 unspecified atom stereocenters. The largest absolute Gasteiger partial charge is 0.477 e. The van der Waals surface area contributed by atoms with Crippen molar-refractivity contribution in [3.05, 3.63) is 100 Å². The number of hydrogen-bond acceptors (Lipinski definition) is 2. The number of carbonyl (C=O) groups excluding carboxylic acids is 1. The van der Waals surface area contributed by atoms with E-state index in [0.29, 0.717) is 5.56 Å². The fourth-order valence-corrected chi connectivity index (χ4v) is 2.94. The van der Waals surface area contributed by atoms with Crippen LogP contribution in [0.2, 0.25) is 5.02 Å². The lowest BCUT2D eigenvalue weighted by Gasteiger charge is -2.11. The van der Waals surface area contributed by atoms with Gasteiger partial charge in [-0.1, -0.05) is 60.1 Å². The number of hydrogen-bond donors (Lipinski definition) is 2. The van der Waals surface area contributed by atoms with Crippen LogP contribution in [0.25, 0.3) is 17.2 Å². The van der Waals surface area contributed by atoms with Gasteiger partial charge in [0.15, 0.2) is 0 Å². The van der Waals surface area contributed by atoms with E-state index in [1.165, 1.54) is 12.1 Å². The van der Waals surface area contributed by atoms with E-state index in [-0.39, 0.29) is 16.1 Å². The zero-order chi connectivity index (χ0) is 20.1. The third kappa shape index (κ3) is 4.27. The van der Waals surface area contributed by atoms with Crippen molar-refractivity contribution in [2.45, 2.75) is 0 Å². The summed E-state index contributed by atoms with van der Waals surface area (Å²) < 4.78 is 14.4. The minimum absolute atomic E-state index is 0.0545. The van der Waals surface area contributed by atoms with Crippen LogP contribution in [0.5, 0.6) is 0 Å². The molecule has 0 aromatic heterocycles. The molecule has 1 amide bonds. The molecule has 6 heteroatoms. The van der Waals surface area contributed by atoms with Crippen LogP contribution >= 0.6 is 11.6 Å². The average Bonchev–Trinajstić information content (AvgIpc) is 2.71. The molecule has 3 rings (SSSR count). The van der Waals surface area contributed by atoms with Crippen molar-refractivity contribution in [2.24, 2.45) is 0 Å². The van der Waals surface area contributed by atoms with E-state index in [2.05, 4.69) is 5.32 Å². The number of carboxylic acids is 1. The summed E-state index contributed by atoms with van der Waals surface area (Å²) in [5.41, 5.74) is 0.981. The number of nitrogens with one attached hydrogen (secondary N) is 1. The van der Waals surface area contributed by atoms with Gasteiger partial charge in [-0.25, -0.2) is 9.18 Å². The van der Waals surface area contributed by atoms with E-state index in [4.69, 9.17) is 11.6 Å². The summed E-state index contributed by atoms with van der Waals surface area (Å²) >= 11 is 6.36. The minimum Gasteiger partial charge on any atom is -0.477 e. The van der Waals surface area contributed by atoms with Gasteiger partial charge < -0.3 is 10.4 Å². The van der Waals surface area contributed by atoms with E-state index < -0.39 is 23.4 Å². The molecule has 3 aromatic rings. The van der Waals surface area contributed by atoms with Gasteiger partial charge in [-0.05, 0) is 35.9 Å². The van der Waals surface area contributed by atoms with Gasteiger partial charge in [0.25, 0.3) is 5.91 Å². The molecule has 0 atom stereocenters. The highest BCUT2D eigenvalue weighted by molar-refractivity contribution is 6.35. The number of carboxylic acid groups (broad SMARTS) is 1. The quantitative estimate of drug-likeness (QED) is 0.597. The summed E-state index contributed by atoms with van der Waals surface area (Å²) in [5, 5.41) is 11.8. The number of aliphatic carboxylic acids is 1. The van der Waals surface area contributed by atoms with Gasteiger partial charge in [-0.15, -0.1) is 0 Å². The number of carbonyl (C=O) groups is 2. The first-order chi connectivity index (χ1) is 13.5. The van der Waals surface area contributed by atoms with Crippen LogP contribution in [0, 0.1) is 5.82 Å². The van der Waals surface area contributed by atoms with E-state index in [1.807, 2.05) is 30.3 Å². The molecule has 140 valence electrons. The molecule has 0 aliphatic rings. The summed E-state index contributed by atoms with van der Waals surface area (Å²) in [6.07, 6.45) is 1.02. The maximum absolute atomic E-state index is 14.4. The summed E-state index contributed by atoms with van der Waals surface area (Å²) in [4.78, 5) is 23.9. The SMILES string of the molecule is O=C(O)/C(=C\c1c(F)ccc(-c2ccccc2)c1Cl)NC(=O)c1ccccc1. The summed E-state index contributed by atoms with van der Waals surface area (Å²) in [6, 6.07) is 19.9. The first-order valence-corrected chi connectivity index (χ1v) is 8.70. The fourth-order valence-electron chi connectivity index (χ4n) is 2.62. The van der Waals surface area contributed by atoms with Crippen molar-refractivity contribution in [1.29, 1.82) is 0 Å². The molecule has 0 saturated carbocycles. The van der Waals surface area contributed by atoms with E-state index in [0.717, 1.165) is 11.6 Å². The maximum atomic E-state index is 14.4. The van der Waals surface area contributed by atoms with Crippen LogP contribution < -0.4 is 5.32 Å². The summed E-state index contributed by atoms with van der Waals surface area (Å²) in [5.74, 6) is -2.73. The average molecular weight is 396 g/mol. The Hall–Kier alpha value is -3.44. The lowest BCUT2D eigenvalue weighted by atomic mass is 10.0. The molecule has 0 aliphatic carbocycles. The Bertz CT molecular complexity index is 1050. The normalized spacial score (nSPS) is 11.1. The summed E-state index contributed by atoms with van der Waals surface area (Å²) in [7, 11) is 0. The standard InChI is InChI=1S/C22H15ClFNO3/c23-20-16(14-7-3-1-4-8-14)11-12-18(24)17(20)13-19(22(27)28)25-21(26)15-9-5-2-6-10-15/h1-13H,(H,25,26)(H,27,28)/b19-13+. The van der Waals surface area contributed by atoms with Crippen molar-refractivity contribution < 1.29 is 19.1 Å². The summed E-state index contributed by atoms with van der Waals surface area (Å²) in [6.45, 7) is 0. The predicted octanol–water partition coefficient (Wildman–Crippen LogP) is 5.00. The van der Waals surface area contributed by atoms with Crippen molar-refractivity contribution in [2.75, 3.05) is 0 Å². The van der Waals surface area contributed by atoms with E-state index in [1.54, 1.807) is 30.3 Å². The Kier molecular flexibility index (Phi) is 5.87. The molecule has 0 heterocycles. The van der Waals surface area contributed by atoms with Crippen LogP contribution in [-0.2, 0) is 4.79 Å². The van der Waals surface area contributed by atoms with Gasteiger partial charge in [-0.3, -0.25) is 4.79 Å². The van der Waals surface area contributed by atoms with Crippen LogP contribution in [0.3, 0.4) is 0 Å². The first kappa shape index (κ1) is 19.3. The van der Waals surface area contributed by atoms with Crippen LogP contribution in [0.15, 0.2) is 78.5 Å². The number of amides is 1. The smallest absolute Gasteiger partial charge is 0.352 e. The third-order valence-electron chi connectivity index (χ3n) is 4.01. The van der Waals surface area contributed by atoms with Crippen LogP contribution in [-0.4, -0.2) is 17.0 Å². The second kappa shape index (κ2) is 8.50. The Labute approximate surface area is 165 Å². The van der Waals surface area contributed by atoms with Crippen LogP contribution in [0.4, 0.5) is 4.39 Å². The lowest BCUT2D eigenvalue weighted by molar-refractivity contribution is -0.132. The van der Waals surface area contributed by atoms with Gasteiger partial charge >= 0.3 is 5.97 Å². The zero-order valence-corrected chi connectivity index (χ0v) is 15.3. The minimum atomic E-state index is -1.41. The van der Waals surface area contributed by atoms with Gasteiger partial charge in [0, 0.05) is 16.7 Å². The number of rotatable bonds is 5. The Balaban J connectivity index is 2.01. The molecule has 2 N–H and O–H groups in total. The number of benzene rings is 3. The lowest BCUT2D eigenvalue weighted by Crippen LogP contribution is -2.27. The maximum Gasteiger partial charge on any atom is 0.352 e. The van der Waals surface area contributed by atoms with E-state index >= 15 is 0 Å². The molecular weight excluding hydrogens is 381 g/mol. The molecule has 0 radical (unpaired) electrons. The number of halogens is 2. The molecule has 28 heavy (non-hydrogen) atoms. The first-order valence-electron chi connectivity index (χ1n) is 8.32. The molecule has 0 aliphatic heterocycles. The molecule has 4 nitrogen and oxygen atoms in total. The topological polar surface area (TPSA) is 66.4 Å². The monoisotopic (exact) mass is 395 g/mol. The van der Waals surface area contributed by atoms with Gasteiger partial charge in [0.05, 0.1) is 5.02 Å². The van der Waals surface area contributed by atoms with Crippen molar-refractivity contribution in [3.8, 4) is 11.1 Å². The van der Waals surface area contributed by atoms with Gasteiger partial charge in [0.1, 0.15) is 11.5 Å². The second-order valence-corrected chi connectivity index (χ2v) is 6.25. The molecule has 0 fully saturated rings. The highest BCUT2D eigenvalue weighted by atomic mass is 35.5. The fraction of sp³-hybridized carbons (Fsp3) is 0. The van der Waals surface area contributed by atoms with Crippen molar-refractivity contribution >= 4 is 29.6 Å². The predicted molar refractivity (Wildman–Crippen MR) is 106 cm³/mol. The van der Waals surface area contributed by atoms with Crippen LogP contribution in [0.1, 0.15) is 15.9 Å². The van der Waals surface area contributed by atoms with E-state index in [9.17, 15) is 19.1 Å². The molecular formula is C22H15ClFNO3. The van der Waals surface area contributed by atoms with Crippen molar-refractivity contribution in [3.63, 3.8) is 0 Å². The Morgan fingerprint density at radius 3 is 2.14 bits per heavy atom. The Morgan fingerprint density at radius 2 is 1.54 bits per heavy atom.